The molecule has 0 radical (unpaired) electrons. The van der Waals surface area contributed by atoms with Gasteiger partial charge < -0.3 is 15.6 Å². The van der Waals surface area contributed by atoms with Gasteiger partial charge in [-0.05, 0) is 32.1 Å². The van der Waals surface area contributed by atoms with Crippen molar-refractivity contribution in [2.45, 2.75) is 116 Å². The molecule has 0 spiro atoms. The Balaban J connectivity index is 1.96. The monoisotopic (exact) mass is 447 g/mol. The summed E-state index contributed by atoms with van der Waals surface area (Å²) in [6.45, 7) is 3.20. The van der Waals surface area contributed by atoms with E-state index < -0.39 is 5.97 Å². The van der Waals surface area contributed by atoms with E-state index in [1.807, 2.05) is 6.20 Å². The smallest absolute Gasteiger partial charge is 0.207 e. The molecule has 1 heterocycles. The zero-order valence-corrected chi connectivity index (χ0v) is 20.7. The quantitative estimate of drug-likeness (QED) is 0.133. The average molecular weight is 448 g/mol. The van der Waals surface area contributed by atoms with Gasteiger partial charge in [-0.15, -0.1) is 0 Å². The third-order valence-corrected chi connectivity index (χ3v) is 6.44. The van der Waals surface area contributed by atoms with Crippen LogP contribution in [0.25, 0.3) is 0 Å². The molecule has 0 aromatic rings. The fourth-order valence-electron chi connectivity index (χ4n) is 4.51. The highest BCUT2D eigenvalue weighted by Gasteiger charge is 2.34. The SMILES string of the molecule is CCCCCCCCCC/C=C/CCCCCCCCC1=NC=C[N+]1(CCN)CC(=O)[O-]. The molecule has 0 bridgehead atoms. The summed E-state index contributed by atoms with van der Waals surface area (Å²) in [5.41, 5.74) is 5.71. The van der Waals surface area contributed by atoms with Crippen LogP contribution in [0.5, 0.6) is 0 Å². The lowest BCUT2D eigenvalue weighted by Crippen LogP contribution is -2.55. The number of quaternary nitrogens is 1. The van der Waals surface area contributed by atoms with Crippen LogP contribution in [-0.4, -0.2) is 35.9 Å². The van der Waals surface area contributed by atoms with Crippen molar-refractivity contribution in [3.8, 4) is 0 Å². The van der Waals surface area contributed by atoms with Gasteiger partial charge in [0, 0.05) is 13.0 Å². The average Bonchev–Trinajstić information content (AvgIpc) is 3.14. The van der Waals surface area contributed by atoms with Gasteiger partial charge in [-0.2, -0.15) is 0 Å². The summed E-state index contributed by atoms with van der Waals surface area (Å²) in [6.07, 6.45) is 30.1. The molecule has 0 fully saturated rings. The Hall–Kier alpha value is -1.46. The summed E-state index contributed by atoms with van der Waals surface area (Å²) in [4.78, 5) is 15.6. The summed E-state index contributed by atoms with van der Waals surface area (Å²) < 4.78 is 0.240. The van der Waals surface area contributed by atoms with Gasteiger partial charge in [-0.25, -0.2) is 9.48 Å². The third kappa shape index (κ3) is 13.2. The molecule has 1 atom stereocenters. The molecule has 5 nitrogen and oxygen atoms in total. The van der Waals surface area contributed by atoms with Crippen LogP contribution in [-0.2, 0) is 4.79 Å². The Labute approximate surface area is 197 Å². The molecule has 0 amide bonds. The Morgan fingerprint density at radius 1 is 0.906 bits per heavy atom. The van der Waals surface area contributed by atoms with Crippen molar-refractivity contribution in [3.63, 3.8) is 0 Å². The molecule has 0 aromatic carbocycles. The van der Waals surface area contributed by atoms with Crippen LogP contribution in [0.3, 0.4) is 0 Å². The highest BCUT2D eigenvalue weighted by atomic mass is 16.4. The normalized spacial score (nSPS) is 18.0. The summed E-state index contributed by atoms with van der Waals surface area (Å²) in [7, 11) is 0. The van der Waals surface area contributed by atoms with Crippen molar-refractivity contribution in [2.24, 2.45) is 10.7 Å². The lowest BCUT2D eigenvalue weighted by atomic mass is 10.1. The first-order chi connectivity index (χ1) is 15.6. The standard InChI is InChI=1S/C27H49N3O2/c1-2-3-4-5-6-7-8-9-10-11-12-13-14-15-16-17-18-19-20-26-29-22-24-30(26,23-21-28)25-27(31)32/h11-12,22,24H,2-10,13-21,23,25,28H2,1H3/b12-11+. The number of carbonyl (C=O) groups excluding carboxylic acids is 1. The second kappa shape index (κ2) is 19.0. The summed E-state index contributed by atoms with van der Waals surface area (Å²) >= 11 is 0. The van der Waals surface area contributed by atoms with Gasteiger partial charge in [0.1, 0.15) is 19.3 Å². The van der Waals surface area contributed by atoms with Crippen molar-refractivity contribution < 1.29 is 14.4 Å². The number of carboxylic acid groups (broad SMARTS) is 1. The van der Waals surface area contributed by atoms with Crippen molar-refractivity contribution in [1.29, 1.82) is 0 Å². The minimum absolute atomic E-state index is 0.0703. The van der Waals surface area contributed by atoms with Crippen molar-refractivity contribution in [3.05, 3.63) is 24.6 Å². The van der Waals surface area contributed by atoms with Crippen LogP contribution < -0.4 is 10.8 Å². The van der Waals surface area contributed by atoms with E-state index in [9.17, 15) is 9.90 Å². The number of nitrogens with two attached hydrogens (primary N) is 1. The second-order valence-electron chi connectivity index (χ2n) is 9.31. The van der Waals surface area contributed by atoms with Crippen LogP contribution in [0, 0.1) is 0 Å². The van der Waals surface area contributed by atoms with Crippen LogP contribution in [0.2, 0.25) is 0 Å². The Morgan fingerprint density at radius 2 is 1.44 bits per heavy atom. The molecule has 1 aliphatic rings. The number of amidine groups is 1. The summed E-state index contributed by atoms with van der Waals surface area (Å²) in [5, 5.41) is 11.2. The number of carboxylic acids is 1. The molecule has 184 valence electrons. The van der Waals surface area contributed by atoms with Gasteiger partial charge in [0.15, 0.2) is 0 Å². The van der Waals surface area contributed by atoms with Crippen molar-refractivity contribution >= 4 is 11.8 Å². The highest BCUT2D eigenvalue weighted by molar-refractivity contribution is 5.80. The highest BCUT2D eigenvalue weighted by Crippen LogP contribution is 2.21. The number of allylic oxidation sites excluding steroid dienone is 2. The number of hydrogen-bond donors (Lipinski definition) is 1. The fraction of sp³-hybridized carbons (Fsp3) is 0.778. The molecule has 0 aromatic heterocycles. The Bertz CT molecular complexity index is 571. The van der Waals surface area contributed by atoms with Gasteiger partial charge in [0.05, 0.1) is 12.2 Å². The number of unbranched alkanes of at least 4 members (excludes halogenated alkanes) is 14. The molecule has 1 unspecified atom stereocenters. The van der Waals surface area contributed by atoms with Gasteiger partial charge >= 0.3 is 0 Å². The molecular formula is C27H49N3O2. The van der Waals surface area contributed by atoms with E-state index in [1.54, 1.807) is 6.20 Å². The first kappa shape index (κ1) is 28.6. The molecule has 2 N–H and O–H groups in total. The van der Waals surface area contributed by atoms with Crippen LogP contribution >= 0.6 is 0 Å². The first-order valence-corrected chi connectivity index (χ1v) is 13.3. The number of hydrogen-bond acceptors (Lipinski definition) is 4. The number of nitrogens with zero attached hydrogens (tertiary/aromatic N) is 2. The van der Waals surface area contributed by atoms with Gasteiger partial charge in [-0.3, -0.25) is 0 Å². The molecule has 1 rings (SSSR count). The van der Waals surface area contributed by atoms with Gasteiger partial charge in [0.2, 0.25) is 5.84 Å². The largest absolute Gasteiger partial charge is 0.544 e. The lowest BCUT2D eigenvalue weighted by molar-refractivity contribution is -0.780. The molecule has 0 saturated carbocycles. The molecule has 5 heteroatoms. The summed E-state index contributed by atoms with van der Waals surface area (Å²) in [6, 6.07) is 0. The predicted molar refractivity (Wildman–Crippen MR) is 134 cm³/mol. The van der Waals surface area contributed by atoms with E-state index in [0.717, 1.165) is 18.7 Å². The zero-order chi connectivity index (χ0) is 23.3. The van der Waals surface area contributed by atoms with E-state index in [4.69, 9.17) is 5.73 Å². The number of aliphatic imine (C=N–C) groups is 1. The van der Waals surface area contributed by atoms with E-state index in [1.165, 1.54) is 96.3 Å². The maximum Gasteiger partial charge on any atom is 0.207 e. The van der Waals surface area contributed by atoms with Crippen LogP contribution in [0.1, 0.15) is 116 Å². The van der Waals surface area contributed by atoms with Crippen molar-refractivity contribution in [1.82, 2.24) is 0 Å². The fourth-order valence-corrected chi connectivity index (χ4v) is 4.51. The maximum absolute atomic E-state index is 11.2. The van der Waals surface area contributed by atoms with E-state index in [0.29, 0.717) is 13.1 Å². The molecule has 32 heavy (non-hydrogen) atoms. The molecule has 1 aliphatic heterocycles. The van der Waals surface area contributed by atoms with E-state index in [-0.39, 0.29) is 11.0 Å². The second-order valence-corrected chi connectivity index (χ2v) is 9.31. The number of rotatable bonds is 22. The van der Waals surface area contributed by atoms with E-state index in [2.05, 4.69) is 24.1 Å². The zero-order valence-electron chi connectivity index (χ0n) is 20.7. The Morgan fingerprint density at radius 3 is 1.97 bits per heavy atom. The molecular weight excluding hydrogens is 398 g/mol. The van der Waals surface area contributed by atoms with Gasteiger partial charge in [0.25, 0.3) is 0 Å². The maximum atomic E-state index is 11.2. The lowest BCUT2D eigenvalue weighted by Gasteiger charge is -2.32. The first-order valence-electron chi connectivity index (χ1n) is 13.3. The molecule has 0 aliphatic carbocycles. The Kier molecular flexibility index (Phi) is 17.0. The van der Waals surface area contributed by atoms with E-state index >= 15 is 0 Å². The molecule has 0 saturated heterocycles. The van der Waals surface area contributed by atoms with Crippen LogP contribution in [0.15, 0.2) is 29.5 Å². The summed E-state index contributed by atoms with van der Waals surface area (Å²) in [5.74, 6) is -0.133. The van der Waals surface area contributed by atoms with Gasteiger partial charge in [-0.1, -0.05) is 89.7 Å². The minimum atomic E-state index is -1.05. The topological polar surface area (TPSA) is 78.5 Å². The number of carbonyl (C=O) groups is 1. The number of aliphatic carboxylic acids is 1. The van der Waals surface area contributed by atoms with Crippen LogP contribution in [0.4, 0.5) is 0 Å². The predicted octanol–water partition coefficient (Wildman–Crippen LogP) is 5.60. The van der Waals surface area contributed by atoms with Crippen molar-refractivity contribution in [2.75, 3.05) is 19.6 Å². The minimum Gasteiger partial charge on any atom is -0.544 e. The third-order valence-electron chi connectivity index (χ3n) is 6.44.